The molecule has 1 saturated heterocycles. The molecule has 1 fully saturated rings. The summed E-state index contributed by atoms with van der Waals surface area (Å²) in [5, 5.41) is 8.96. The second-order valence-electron chi connectivity index (χ2n) is 6.85. The lowest BCUT2D eigenvalue weighted by atomic mass is 9.98. The summed E-state index contributed by atoms with van der Waals surface area (Å²) in [6.45, 7) is 4.56. The first-order valence-corrected chi connectivity index (χ1v) is 8.66. The number of benzene rings is 2. The molecule has 4 nitrogen and oxygen atoms in total. The fraction of sp³-hybridized carbons (Fsp3) is 0.333. The predicted octanol–water partition coefficient (Wildman–Crippen LogP) is 3.65. The lowest BCUT2D eigenvalue weighted by molar-refractivity contribution is 0.0696. The number of rotatable bonds is 6. The van der Waals surface area contributed by atoms with Gasteiger partial charge < -0.3 is 5.11 Å². The third kappa shape index (κ3) is 4.54. The SMILES string of the molecule is CC(=O)c1cccc(CN2CC[C@H](Cc3ccc(C(=O)O)cc3)C2)c1. The minimum atomic E-state index is -0.883. The maximum atomic E-state index is 11.5. The topological polar surface area (TPSA) is 57.6 Å². The minimum absolute atomic E-state index is 0.103. The van der Waals surface area contributed by atoms with Gasteiger partial charge in [-0.1, -0.05) is 30.3 Å². The molecule has 2 aromatic rings. The summed E-state index contributed by atoms with van der Waals surface area (Å²) in [6.07, 6.45) is 2.12. The van der Waals surface area contributed by atoms with Crippen LogP contribution in [0.1, 0.15) is 45.2 Å². The van der Waals surface area contributed by atoms with E-state index in [1.54, 1.807) is 19.1 Å². The van der Waals surface area contributed by atoms with Crippen molar-refractivity contribution in [1.82, 2.24) is 4.90 Å². The van der Waals surface area contributed by atoms with Gasteiger partial charge in [0.25, 0.3) is 0 Å². The highest BCUT2D eigenvalue weighted by atomic mass is 16.4. The van der Waals surface area contributed by atoms with Gasteiger partial charge in [0, 0.05) is 18.7 Å². The van der Waals surface area contributed by atoms with Crippen molar-refractivity contribution in [1.29, 1.82) is 0 Å². The molecule has 0 unspecified atom stereocenters. The van der Waals surface area contributed by atoms with Gasteiger partial charge in [0.05, 0.1) is 5.56 Å². The lowest BCUT2D eigenvalue weighted by Crippen LogP contribution is -2.20. The summed E-state index contributed by atoms with van der Waals surface area (Å²) in [6, 6.07) is 15.1. The van der Waals surface area contributed by atoms with Crippen LogP contribution in [-0.4, -0.2) is 34.8 Å². The van der Waals surface area contributed by atoms with Crippen LogP contribution in [-0.2, 0) is 13.0 Å². The molecule has 0 aliphatic carbocycles. The predicted molar refractivity (Wildman–Crippen MR) is 96.9 cm³/mol. The molecule has 3 rings (SSSR count). The lowest BCUT2D eigenvalue weighted by Gasteiger charge is -2.16. The maximum absolute atomic E-state index is 11.5. The summed E-state index contributed by atoms with van der Waals surface area (Å²) in [5.41, 5.74) is 3.48. The normalized spacial score (nSPS) is 17.6. The summed E-state index contributed by atoms with van der Waals surface area (Å²) < 4.78 is 0. The number of carboxylic acids is 1. The van der Waals surface area contributed by atoms with Crippen molar-refractivity contribution in [3.05, 3.63) is 70.8 Å². The van der Waals surface area contributed by atoms with E-state index in [1.165, 1.54) is 11.1 Å². The van der Waals surface area contributed by atoms with Gasteiger partial charge in [-0.3, -0.25) is 9.69 Å². The average Bonchev–Trinajstić information content (AvgIpc) is 3.02. The molecule has 0 saturated carbocycles. The van der Waals surface area contributed by atoms with E-state index >= 15 is 0 Å². The van der Waals surface area contributed by atoms with Crippen molar-refractivity contribution in [2.75, 3.05) is 13.1 Å². The van der Waals surface area contributed by atoms with Gasteiger partial charge in [0.1, 0.15) is 0 Å². The number of carboxylic acid groups (broad SMARTS) is 1. The summed E-state index contributed by atoms with van der Waals surface area (Å²) in [7, 11) is 0. The number of likely N-dealkylation sites (tertiary alicyclic amines) is 1. The molecule has 1 heterocycles. The zero-order valence-electron chi connectivity index (χ0n) is 14.4. The molecule has 4 heteroatoms. The van der Waals surface area contributed by atoms with Crippen molar-refractivity contribution in [3.63, 3.8) is 0 Å². The van der Waals surface area contributed by atoms with E-state index in [4.69, 9.17) is 5.11 Å². The quantitative estimate of drug-likeness (QED) is 0.818. The van der Waals surface area contributed by atoms with Gasteiger partial charge in [0.2, 0.25) is 0 Å². The molecule has 0 aromatic heterocycles. The highest BCUT2D eigenvalue weighted by Crippen LogP contribution is 2.23. The molecular weight excluding hydrogens is 314 g/mol. The third-order valence-electron chi connectivity index (χ3n) is 4.83. The van der Waals surface area contributed by atoms with Crippen LogP contribution < -0.4 is 0 Å². The molecule has 1 aliphatic rings. The Labute approximate surface area is 148 Å². The van der Waals surface area contributed by atoms with Crippen LogP contribution in [0.4, 0.5) is 0 Å². The number of ketones is 1. The second kappa shape index (κ2) is 7.62. The van der Waals surface area contributed by atoms with Crippen LogP contribution in [0.15, 0.2) is 48.5 Å². The van der Waals surface area contributed by atoms with Crippen LogP contribution in [0.25, 0.3) is 0 Å². The fourth-order valence-corrected chi connectivity index (χ4v) is 3.49. The number of aromatic carboxylic acids is 1. The van der Waals surface area contributed by atoms with Crippen molar-refractivity contribution >= 4 is 11.8 Å². The first-order chi connectivity index (χ1) is 12.0. The number of Topliss-reactive ketones (excluding diaryl/α,β-unsaturated/α-hetero) is 1. The van der Waals surface area contributed by atoms with E-state index < -0.39 is 5.97 Å². The van der Waals surface area contributed by atoms with Crippen LogP contribution >= 0.6 is 0 Å². The Balaban J connectivity index is 1.55. The highest BCUT2D eigenvalue weighted by Gasteiger charge is 2.22. The Kier molecular flexibility index (Phi) is 5.29. The summed E-state index contributed by atoms with van der Waals surface area (Å²) >= 11 is 0. The average molecular weight is 337 g/mol. The smallest absolute Gasteiger partial charge is 0.335 e. The number of nitrogens with zero attached hydrogens (tertiary/aromatic N) is 1. The monoisotopic (exact) mass is 337 g/mol. The van der Waals surface area contributed by atoms with Gasteiger partial charge in [-0.05, 0) is 61.6 Å². The molecule has 1 aliphatic heterocycles. The van der Waals surface area contributed by atoms with Gasteiger partial charge in [-0.25, -0.2) is 4.79 Å². The first kappa shape index (κ1) is 17.4. The maximum Gasteiger partial charge on any atom is 0.335 e. The summed E-state index contributed by atoms with van der Waals surface area (Å²) in [4.78, 5) is 24.8. The second-order valence-corrected chi connectivity index (χ2v) is 6.85. The molecular formula is C21H23NO3. The van der Waals surface area contributed by atoms with E-state index in [1.807, 2.05) is 30.3 Å². The molecule has 1 N–H and O–H groups in total. The van der Waals surface area contributed by atoms with Crippen molar-refractivity contribution in [2.45, 2.75) is 26.3 Å². The molecule has 0 bridgehead atoms. The largest absolute Gasteiger partial charge is 0.478 e. The van der Waals surface area contributed by atoms with E-state index in [2.05, 4.69) is 11.0 Å². The van der Waals surface area contributed by atoms with Gasteiger partial charge in [-0.15, -0.1) is 0 Å². The van der Waals surface area contributed by atoms with E-state index in [9.17, 15) is 9.59 Å². The van der Waals surface area contributed by atoms with Crippen molar-refractivity contribution < 1.29 is 14.7 Å². The van der Waals surface area contributed by atoms with Crippen LogP contribution in [0.3, 0.4) is 0 Å². The van der Waals surface area contributed by atoms with Crippen LogP contribution in [0, 0.1) is 5.92 Å². The third-order valence-corrected chi connectivity index (χ3v) is 4.83. The van der Waals surface area contributed by atoms with Gasteiger partial charge in [-0.2, -0.15) is 0 Å². The van der Waals surface area contributed by atoms with Crippen molar-refractivity contribution in [3.8, 4) is 0 Å². The fourth-order valence-electron chi connectivity index (χ4n) is 3.49. The van der Waals surface area contributed by atoms with E-state index in [-0.39, 0.29) is 5.78 Å². The molecule has 0 radical (unpaired) electrons. The summed E-state index contributed by atoms with van der Waals surface area (Å²) in [5.74, 6) is -0.191. The Hall–Kier alpha value is -2.46. The zero-order chi connectivity index (χ0) is 17.8. The Morgan fingerprint density at radius 3 is 2.52 bits per heavy atom. The van der Waals surface area contributed by atoms with Crippen molar-refractivity contribution in [2.24, 2.45) is 5.92 Å². The number of hydrogen-bond donors (Lipinski definition) is 1. The van der Waals surface area contributed by atoms with E-state index in [0.29, 0.717) is 11.5 Å². The molecule has 130 valence electrons. The van der Waals surface area contributed by atoms with Crippen LogP contribution in [0.2, 0.25) is 0 Å². The number of carbonyl (C=O) groups excluding carboxylic acids is 1. The van der Waals surface area contributed by atoms with E-state index in [0.717, 1.165) is 38.0 Å². The molecule has 2 aromatic carbocycles. The Bertz CT molecular complexity index is 767. The zero-order valence-corrected chi connectivity index (χ0v) is 14.4. The van der Waals surface area contributed by atoms with Gasteiger partial charge in [0.15, 0.2) is 5.78 Å². The molecule has 0 amide bonds. The molecule has 0 spiro atoms. The highest BCUT2D eigenvalue weighted by molar-refractivity contribution is 5.94. The number of carbonyl (C=O) groups is 2. The van der Waals surface area contributed by atoms with Gasteiger partial charge >= 0.3 is 5.97 Å². The molecule has 25 heavy (non-hydrogen) atoms. The first-order valence-electron chi connectivity index (χ1n) is 8.66. The Morgan fingerprint density at radius 1 is 1.08 bits per heavy atom. The standard InChI is InChI=1S/C21H23NO3/c1-15(23)20-4-2-3-17(12-20)13-22-10-9-18(14-22)11-16-5-7-19(8-6-16)21(24)25/h2-8,12,18H,9-11,13-14H2,1H3,(H,24,25)/t18-/m1/s1. The number of hydrogen-bond acceptors (Lipinski definition) is 3. The minimum Gasteiger partial charge on any atom is -0.478 e. The Morgan fingerprint density at radius 2 is 1.84 bits per heavy atom. The van der Waals surface area contributed by atoms with Crippen LogP contribution in [0.5, 0.6) is 0 Å². The molecule has 1 atom stereocenters.